The third-order valence-electron chi connectivity index (χ3n) is 3.96. The Morgan fingerprint density at radius 1 is 1.00 bits per heavy atom. The Balaban J connectivity index is 1.88. The van der Waals surface area contributed by atoms with Crippen molar-refractivity contribution < 1.29 is 9.18 Å². The SMILES string of the molecule is O=C1C2=C(NC(=S)N[C@@H]2c2ccc(F)cc2)c2ccccc21. The van der Waals surface area contributed by atoms with Crippen LogP contribution in [0.3, 0.4) is 0 Å². The van der Waals surface area contributed by atoms with Crippen molar-refractivity contribution in [3.8, 4) is 0 Å². The quantitative estimate of drug-likeness (QED) is 0.795. The van der Waals surface area contributed by atoms with Crippen LogP contribution in [0.5, 0.6) is 0 Å². The molecule has 1 heterocycles. The van der Waals surface area contributed by atoms with Crippen LogP contribution >= 0.6 is 12.2 Å². The Kier molecular flexibility index (Phi) is 2.84. The van der Waals surface area contributed by atoms with E-state index in [1.165, 1.54) is 12.1 Å². The summed E-state index contributed by atoms with van der Waals surface area (Å²) in [6, 6.07) is 13.2. The van der Waals surface area contributed by atoms with Gasteiger partial charge in [-0.25, -0.2) is 4.39 Å². The first-order chi connectivity index (χ1) is 10.6. The number of fused-ring (bicyclic) bond motifs is 2. The van der Waals surface area contributed by atoms with Gasteiger partial charge in [0.05, 0.1) is 17.3 Å². The second-order valence-corrected chi connectivity index (χ2v) is 5.65. The van der Waals surface area contributed by atoms with E-state index >= 15 is 0 Å². The van der Waals surface area contributed by atoms with Crippen LogP contribution in [0.15, 0.2) is 54.1 Å². The number of rotatable bonds is 1. The number of carbonyl (C=O) groups is 1. The maximum Gasteiger partial charge on any atom is 0.194 e. The highest BCUT2D eigenvalue weighted by Gasteiger charge is 2.38. The minimum absolute atomic E-state index is 0.0255. The number of hydrogen-bond donors (Lipinski definition) is 2. The third kappa shape index (κ3) is 1.86. The van der Waals surface area contributed by atoms with Crippen molar-refractivity contribution in [1.82, 2.24) is 10.6 Å². The van der Waals surface area contributed by atoms with E-state index < -0.39 is 0 Å². The van der Waals surface area contributed by atoms with E-state index in [0.29, 0.717) is 16.2 Å². The first kappa shape index (κ1) is 13.2. The Hall–Kier alpha value is -2.53. The Morgan fingerprint density at radius 2 is 1.68 bits per heavy atom. The van der Waals surface area contributed by atoms with Crippen LogP contribution < -0.4 is 10.6 Å². The zero-order valence-electron chi connectivity index (χ0n) is 11.4. The van der Waals surface area contributed by atoms with Crippen LogP contribution in [0, 0.1) is 5.82 Å². The Bertz CT molecular complexity index is 842. The van der Waals surface area contributed by atoms with Gasteiger partial charge >= 0.3 is 0 Å². The van der Waals surface area contributed by atoms with Gasteiger partial charge in [-0.1, -0.05) is 36.4 Å². The zero-order chi connectivity index (χ0) is 15.3. The first-order valence-electron chi connectivity index (χ1n) is 6.86. The number of Topliss-reactive ketones (excluding diaryl/α,β-unsaturated/α-hetero) is 1. The maximum absolute atomic E-state index is 13.2. The van der Waals surface area contributed by atoms with Crippen LogP contribution in [0.4, 0.5) is 4.39 Å². The highest BCUT2D eigenvalue weighted by Crippen LogP contribution is 2.39. The second kappa shape index (κ2) is 4.74. The molecule has 108 valence electrons. The number of benzene rings is 2. The van der Waals surface area contributed by atoms with Crippen molar-refractivity contribution in [2.75, 3.05) is 0 Å². The monoisotopic (exact) mass is 310 g/mol. The highest BCUT2D eigenvalue weighted by molar-refractivity contribution is 7.80. The van der Waals surface area contributed by atoms with Crippen LogP contribution in [-0.2, 0) is 0 Å². The molecule has 2 aromatic carbocycles. The first-order valence-corrected chi connectivity index (χ1v) is 7.27. The van der Waals surface area contributed by atoms with E-state index in [-0.39, 0.29) is 17.6 Å². The molecule has 2 aromatic rings. The third-order valence-corrected chi connectivity index (χ3v) is 4.18. The molecule has 0 saturated heterocycles. The van der Waals surface area contributed by atoms with E-state index in [4.69, 9.17) is 12.2 Å². The number of hydrogen-bond acceptors (Lipinski definition) is 2. The van der Waals surface area contributed by atoms with Gasteiger partial charge in [-0.05, 0) is 29.9 Å². The minimum Gasteiger partial charge on any atom is -0.351 e. The largest absolute Gasteiger partial charge is 0.351 e. The molecule has 0 fully saturated rings. The molecule has 0 amide bonds. The normalized spacial score (nSPS) is 19.4. The van der Waals surface area contributed by atoms with Crippen LogP contribution in [0.1, 0.15) is 27.5 Å². The van der Waals surface area contributed by atoms with Gasteiger partial charge in [-0.3, -0.25) is 4.79 Å². The molecule has 0 aromatic heterocycles. The fraction of sp³-hybridized carbons (Fsp3) is 0.0588. The summed E-state index contributed by atoms with van der Waals surface area (Å²) in [5, 5.41) is 6.65. The molecule has 0 unspecified atom stereocenters. The number of halogens is 1. The van der Waals surface area contributed by atoms with Crippen LogP contribution in [0.2, 0.25) is 0 Å². The lowest BCUT2D eigenvalue weighted by molar-refractivity contribution is 0.103. The number of thiocarbonyl (C=S) groups is 1. The minimum atomic E-state index is -0.371. The maximum atomic E-state index is 13.2. The van der Waals surface area contributed by atoms with E-state index in [1.54, 1.807) is 12.1 Å². The molecule has 0 spiro atoms. The van der Waals surface area contributed by atoms with Crippen molar-refractivity contribution in [1.29, 1.82) is 0 Å². The molecule has 2 aliphatic rings. The Labute approximate surface area is 131 Å². The lowest BCUT2D eigenvalue weighted by atomic mass is 9.94. The van der Waals surface area contributed by atoms with Crippen molar-refractivity contribution in [2.24, 2.45) is 0 Å². The van der Waals surface area contributed by atoms with E-state index in [2.05, 4.69) is 10.6 Å². The second-order valence-electron chi connectivity index (χ2n) is 5.25. The summed E-state index contributed by atoms with van der Waals surface area (Å²) in [7, 11) is 0. The van der Waals surface area contributed by atoms with Crippen LogP contribution in [0.25, 0.3) is 5.70 Å². The van der Waals surface area contributed by atoms with Gasteiger partial charge in [0.15, 0.2) is 10.9 Å². The molecule has 1 aliphatic heterocycles. The number of nitrogens with one attached hydrogen (secondary N) is 2. The average molecular weight is 310 g/mol. The predicted octanol–water partition coefficient (Wildman–Crippen LogP) is 2.95. The van der Waals surface area contributed by atoms with Gasteiger partial charge in [0.1, 0.15) is 5.82 Å². The standard InChI is InChI=1S/C17H11FN2OS/c18-10-7-5-9(6-8-10)14-13-15(20-17(22)19-14)11-3-1-2-4-12(11)16(13)21/h1-8,14H,(H2,19,20,22)/t14-/m1/s1. The molecular formula is C17H11FN2OS. The average Bonchev–Trinajstić information content (AvgIpc) is 2.81. The predicted molar refractivity (Wildman–Crippen MR) is 85.7 cm³/mol. The summed E-state index contributed by atoms with van der Waals surface area (Å²) in [5.74, 6) is -0.335. The van der Waals surface area contributed by atoms with E-state index in [1.807, 2.05) is 24.3 Å². The summed E-state index contributed by atoms with van der Waals surface area (Å²) >= 11 is 5.26. The molecule has 1 aliphatic carbocycles. The molecule has 22 heavy (non-hydrogen) atoms. The van der Waals surface area contributed by atoms with Crippen molar-refractivity contribution in [3.05, 3.63) is 76.6 Å². The lowest BCUT2D eigenvalue weighted by Crippen LogP contribution is -2.43. The van der Waals surface area contributed by atoms with Crippen LogP contribution in [-0.4, -0.2) is 10.9 Å². The molecular weight excluding hydrogens is 299 g/mol. The molecule has 4 rings (SSSR count). The van der Waals surface area contributed by atoms with Gasteiger partial charge in [-0.15, -0.1) is 0 Å². The van der Waals surface area contributed by atoms with Crippen molar-refractivity contribution in [2.45, 2.75) is 6.04 Å². The fourth-order valence-electron chi connectivity index (χ4n) is 2.97. The number of ketones is 1. The molecule has 0 bridgehead atoms. The molecule has 0 radical (unpaired) electrons. The lowest BCUT2D eigenvalue weighted by Gasteiger charge is -2.28. The summed E-state index contributed by atoms with van der Waals surface area (Å²) in [5.41, 5.74) is 3.70. The molecule has 2 N–H and O–H groups in total. The fourth-order valence-corrected chi connectivity index (χ4v) is 3.19. The molecule has 3 nitrogen and oxygen atoms in total. The van der Waals surface area contributed by atoms with Crippen molar-refractivity contribution >= 4 is 28.8 Å². The summed E-state index contributed by atoms with van der Waals surface area (Å²) in [6.45, 7) is 0. The smallest absolute Gasteiger partial charge is 0.194 e. The van der Waals surface area contributed by atoms with Gasteiger partial charge in [0.2, 0.25) is 0 Å². The Morgan fingerprint density at radius 3 is 2.41 bits per heavy atom. The highest BCUT2D eigenvalue weighted by atomic mass is 32.1. The van der Waals surface area contributed by atoms with Gasteiger partial charge in [0.25, 0.3) is 0 Å². The van der Waals surface area contributed by atoms with E-state index in [0.717, 1.165) is 16.8 Å². The summed E-state index contributed by atoms with van der Waals surface area (Å²) in [6.07, 6.45) is 0. The summed E-state index contributed by atoms with van der Waals surface area (Å²) < 4.78 is 13.2. The van der Waals surface area contributed by atoms with Gasteiger partial charge in [-0.2, -0.15) is 0 Å². The van der Waals surface area contributed by atoms with Gasteiger partial charge < -0.3 is 10.6 Å². The van der Waals surface area contributed by atoms with Crippen molar-refractivity contribution in [3.63, 3.8) is 0 Å². The molecule has 1 atom stereocenters. The molecule has 0 saturated carbocycles. The topological polar surface area (TPSA) is 41.1 Å². The number of carbonyl (C=O) groups excluding carboxylic acids is 1. The van der Waals surface area contributed by atoms with E-state index in [9.17, 15) is 9.18 Å². The van der Waals surface area contributed by atoms with Gasteiger partial charge in [0, 0.05) is 11.1 Å². The molecule has 5 heteroatoms. The summed E-state index contributed by atoms with van der Waals surface area (Å²) in [4.78, 5) is 12.7. The zero-order valence-corrected chi connectivity index (χ0v) is 12.2.